The molecule has 1 saturated heterocycles. The van der Waals surface area contributed by atoms with Crippen LogP contribution >= 0.6 is 23.4 Å². The molecule has 27 heavy (non-hydrogen) atoms. The number of carbonyl (C=O) groups excluding carboxylic acids is 1. The Labute approximate surface area is 167 Å². The van der Waals surface area contributed by atoms with Crippen LogP contribution in [0, 0.1) is 0 Å². The molecule has 4 rings (SSSR count). The molecule has 0 spiro atoms. The van der Waals surface area contributed by atoms with Crippen molar-refractivity contribution in [2.24, 2.45) is 4.99 Å². The van der Waals surface area contributed by atoms with E-state index in [0.717, 1.165) is 16.9 Å². The lowest BCUT2D eigenvalue weighted by molar-refractivity contribution is -0.116. The van der Waals surface area contributed by atoms with Crippen LogP contribution in [-0.4, -0.2) is 16.3 Å². The minimum atomic E-state index is -0.214. The van der Waals surface area contributed by atoms with Gasteiger partial charge in [-0.1, -0.05) is 71.9 Å². The molecule has 0 saturated carbocycles. The lowest BCUT2D eigenvalue weighted by Crippen LogP contribution is -2.32. The van der Waals surface area contributed by atoms with Gasteiger partial charge in [0.05, 0.1) is 16.6 Å². The third-order valence-electron chi connectivity index (χ3n) is 4.26. The number of rotatable bonds is 4. The second kappa shape index (κ2) is 7.99. The van der Waals surface area contributed by atoms with Crippen molar-refractivity contribution >= 4 is 45.8 Å². The molecule has 1 aliphatic rings. The van der Waals surface area contributed by atoms with E-state index >= 15 is 0 Å². The van der Waals surface area contributed by atoms with Gasteiger partial charge in [0.2, 0.25) is 5.91 Å². The summed E-state index contributed by atoms with van der Waals surface area (Å²) in [5.74, 6) is 0.0517. The van der Waals surface area contributed by atoms with Gasteiger partial charge >= 0.3 is 0 Å². The third kappa shape index (κ3) is 4.07. The Morgan fingerprint density at radius 1 is 0.889 bits per heavy atom. The van der Waals surface area contributed by atoms with Gasteiger partial charge in [0.15, 0.2) is 5.17 Å². The van der Waals surface area contributed by atoms with Crippen LogP contribution < -0.4 is 4.90 Å². The summed E-state index contributed by atoms with van der Waals surface area (Å²) >= 11 is 7.48. The predicted molar refractivity (Wildman–Crippen MR) is 114 cm³/mol. The first-order valence-corrected chi connectivity index (χ1v) is 9.90. The Kier molecular flexibility index (Phi) is 5.28. The number of nitrogens with zero attached hydrogens (tertiary/aromatic N) is 2. The quantitative estimate of drug-likeness (QED) is 0.568. The summed E-state index contributed by atoms with van der Waals surface area (Å²) in [6, 6.07) is 27.0. The highest BCUT2D eigenvalue weighted by Crippen LogP contribution is 2.35. The van der Waals surface area contributed by atoms with Crippen LogP contribution in [0.15, 0.2) is 89.9 Å². The molecule has 1 aliphatic heterocycles. The topological polar surface area (TPSA) is 32.7 Å². The van der Waals surface area contributed by atoms with Crippen LogP contribution in [0.5, 0.6) is 0 Å². The summed E-state index contributed by atoms with van der Waals surface area (Å²) < 4.78 is 0. The highest BCUT2D eigenvalue weighted by Gasteiger charge is 2.38. The zero-order chi connectivity index (χ0) is 18.6. The summed E-state index contributed by atoms with van der Waals surface area (Å²) in [5, 5.41) is 1.19. The van der Waals surface area contributed by atoms with Crippen molar-refractivity contribution in [2.75, 3.05) is 4.90 Å². The number of carbonyl (C=O) groups is 1. The highest BCUT2D eigenvalue weighted by atomic mass is 35.5. The van der Waals surface area contributed by atoms with Gasteiger partial charge in [-0.05, 0) is 48.4 Å². The van der Waals surface area contributed by atoms with Crippen LogP contribution in [0.1, 0.15) is 5.56 Å². The molecule has 0 N–H and O–H groups in total. The molecule has 1 heterocycles. The van der Waals surface area contributed by atoms with E-state index in [1.54, 1.807) is 4.90 Å². The maximum atomic E-state index is 13.2. The first kappa shape index (κ1) is 17.8. The van der Waals surface area contributed by atoms with E-state index in [-0.39, 0.29) is 11.2 Å². The van der Waals surface area contributed by atoms with Crippen molar-refractivity contribution in [1.29, 1.82) is 0 Å². The van der Waals surface area contributed by atoms with Crippen molar-refractivity contribution in [3.05, 3.63) is 95.5 Å². The van der Waals surface area contributed by atoms with Gasteiger partial charge in [0.1, 0.15) is 0 Å². The van der Waals surface area contributed by atoms with E-state index in [2.05, 4.69) is 0 Å². The van der Waals surface area contributed by atoms with Crippen molar-refractivity contribution in [3.63, 3.8) is 0 Å². The molecular weight excluding hydrogens is 376 g/mol. The highest BCUT2D eigenvalue weighted by molar-refractivity contribution is 8.16. The molecule has 134 valence electrons. The molecule has 1 unspecified atom stereocenters. The number of thioether (sulfide) groups is 1. The Morgan fingerprint density at radius 2 is 1.52 bits per heavy atom. The number of anilines is 1. The fourth-order valence-corrected chi connectivity index (χ4v) is 4.26. The zero-order valence-electron chi connectivity index (χ0n) is 14.5. The van der Waals surface area contributed by atoms with E-state index in [1.807, 2.05) is 84.9 Å². The number of amidine groups is 1. The Morgan fingerprint density at radius 3 is 2.19 bits per heavy atom. The monoisotopic (exact) mass is 392 g/mol. The molecule has 0 aromatic heterocycles. The average molecular weight is 393 g/mol. The van der Waals surface area contributed by atoms with Crippen LogP contribution in [0.25, 0.3) is 0 Å². The van der Waals surface area contributed by atoms with Gasteiger partial charge in [0, 0.05) is 5.02 Å². The maximum absolute atomic E-state index is 13.2. The van der Waals surface area contributed by atoms with E-state index in [0.29, 0.717) is 16.6 Å². The van der Waals surface area contributed by atoms with Crippen LogP contribution in [0.4, 0.5) is 11.4 Å². The van der Waals surface area contributed by atoms with Crippen molar-refractivity contribution < 1.29 is 4.79 Å². The molecule has 3 nitrogen and oxygen atoms in total. The van der Waals surface area contributed by atoms with E-state index < -0.39 is 0 Å². The number of amides is 1. The SMILES string of the molecule is O=C1C(Cc2ccc(Cl)cc2)SC(=Nc2ccccc2)N1c1ccccc1. The largest absolute Gasteiger partial charge is 0.273 e. The molecule has 1 atom stereocenters. The predicted octanol–water partition coefficient (Wildman–Crippen LogP) is 5.72. The number of halogens is 1. The molecule has 0 aliphatic carbocycles. The molecule has 1 amide bonds. The first-order chi connectivity index (χ1) is 13.2. The molecule has 0 bridgehead atoms. The standard InChI is InChI=1S/C22H17ClN2OS/c23-17-13-11-16(12-14-17)15-20-21(26)25(19-9-5-2-6-10-19)22(27-20)24-18-7-3-1-4-8-18/h1-14,20H,15H2. The number of benzene rings is 3. The van der Waals surface area contributed by atoms with Crippen LogP contribution in [0.3, 0.4) is 0 Å². The van der Waals surface area contributed by atoms with Crippen molar-refractivity contribution in [2.45, 2.75) is 11.7 Å². The maximum Gasteiger partial charge on any atom is 0.247 e. The number of hydrogen-bond donors (Lipinski definition) is 0. The summed E-state index contributed by atoms with van der Waals surface area (Å²) in [4.78, 5) is 19.6. The van der Waals surface area contributed by atoms with E-state index in [1.165, 1.54) is 11.8 Å². The fourth-order valence-electron chi connectivity index (χ4n) is 2.94. The molecule has 3 aromatic carbocycles. The minimum absolute atomic E-state index is 0.0517. The van der Waals surface area contributed by atoms with Crippen LogP contribution in [0.2, 0.25) is 5.02 Å². The molecule has 5 heteroatoms. The van der Waals surface area contributed by atoms with Crippen LogP contribution in [-0.2, 0) is 11.2 Å². The molecule has 0 radical (unpaired) electrons. The average Bonchev–Trinajstić information content (AvgIpc) is 3.00. The van der Waals surface area contributed by atoms with Gasteiger partial charge in [-0.2, -0.15) is 0 Å². The Balaban J connectivity index is 1.67. The van der Waals surface area contributed by atoms with E-state index in [4.69, 9.17) is 16.6 Å². The third-order valence-corrected chi connectivity index (χ3v) is 5.65. The fraction of sp³-hybridized carbons (Fsp3) is 0.0909. The lowest BCUT2D eigenvalue weighted by Gasteiger charge is -2.16. The number of para-hydroxylation sites is 2. The number of hydrogen-bond acceptors (Lipinski definition) is 3. The van der Waals surface area contributed by atoms with Gasteiger partial charge in [0.25, 0.3) is 0 Å². The molecular formula is C22H17ClN2OS. The Bertz CT molecular complexity index is 959. The van der Waals surface area contributed by atoms with Crippen molar-refractivity contribution in [1.82, 2.24) is 0 Å². The van der Waals surface area contributed by atoms with Gasteiger partial charge in [-0.3, -0.25) is 9.69 Å². The molecule has 3 aromatic rings. The Hall–Kier alpha value is -2.56. The zero-order valence-corrected chi connectivity index (χ0v) is 16.0. The summed E-state index contributed by atoms with van der Waals surface area (Å²) in [6.45, 7) is 0. The van der Waals surface area contributed by atoms with Gasteiger partial charge in [-0.25, -0.2) is 4.99 Å². The van der Waals surface area contributed by atoms with Gasteiger partial charge in [-0.15, -0.1) is 0 Å². The summed E-state index contributed by atoms with van der Waals surface area (Å²) in [6.07, 6.45) is 0.637. The lowest BCUT2D eigenvalue weighted by atomic mass is 10.1. The second-order valence-electron chi connectivity index (χ2n) is 6.18. The smallest absolute Gasteiger partial charge is 0.247 e. The number of aliphatic imine (C=N–C) groups is 1. The molecule has 1 fully saturated rings. The second-order valence-corrected chi connectivity index (χ2v) is 7.78. The van der Waals surface area contributed by atoms with Gasteiger partial charge < -0.3 is 0 Å². The summed E-state index contributed by atoms with van der Waals surface area (Å²) in [7, 11) is 0. The summed E-state index contributed by atoms with van der Waals surface area (Å²) in [5.41, 5.74) is 2.75. The normalized spacial score (nSPS) is 18.3. The minimum Gasteiger partial charge on any atom is -0.273 e. The van der Waals surface area contributed by atoms with Crippen molar-refractivity contribution in [3.8, 4) is 0 Å². The van der Waals surface area contributed by atoms with E-state index in [9.17, 15) is 4.79 Å². The first-order valence-electron chi connectivity index (χ1n) is 8.64.